The molecule has 0 radical (unpaired) electrons. The lowest BCUT2D eigenvalue weighted by atomic mass is 9.94. The van der Waals surface area contributed by atoms with Crippen LogP contribution in [0.5, 0.6) is 0 Å². The van der Waals surface area contributed by atoms with Gasteiger partial charge < -0.3 is 14.4 Å². The third-order valence-corrected chi connectivity index (χ3v) is 7.61. The monoisotopic (exact) mass is 456 g/mol. The molecular weight excluding hydrogens is 424 g/mol. The van der Waals surface area contributed by atoms with E-state index in [-0.39, 0.29) is 11.8 Å². The van der Waals surface area contributed by atoms with E-state index >= 15 is 0 Å². The van der Waals surface area contributed by atoms with Crippen molar-refractivity contribution in [2.75, 3.05) is 31.1 Å². The van der Waals surface area contributed by atoms with Gasteiger partial charge in [0.1, 0.15) is 12.2 Å². The normalized spacial score (nSPS) is 21.2. The van der Waals surface area contributed by atoms with Crippen LogP contribution in [0.25, 0.3) is 16.7 Å². The van der Waals surface area contributed by atoms with E-state index in [9.17, 15) is 4.79 Å². The number of rotatable bonds is 3. The van der Waals surface area contributed by atoms with Crippen LogP contribution in [0.15, 0.2) is 42.7 Å². The molecule has 176 valence electrons. The maximum Gasteiger partial charge on any atom is 0.227 e. The van der Waals surface area contributed by atoms with Gasteiger partial charge in [-0.25, -0.2) is 15.0 Å². The predicted octanol–water partition coefficient (Wildman–Crippen LogP) is 4.09. The topological polar surface area (TPSA) is 67.2 Å². The van der Waals surface area contributed by atoms with Gasteiger partial charge >= 0.3 is 0 Å². The largest absolute Gasteiger partial charge is 0.354 e. The van der Waals surface area contributed by atoms with Crippen LogP contribution < -0.4 is 4.90 Å². The van der Waals surface area contributed by atoms with Crippen molar-refractivity contribution in [1.29, 1.82) is 0 Å². The molecule has 0 N–H and O–H groups in total. The maximum absolute atomic E-state index is 13.5. The Hall–Kier alpha value is -3.22. The Morgan fingerprint density at radius 1 is 0.941 bits per heavy atom. The smallest absolute Gasteiger partial charge is 0.227 e. The van der Waals surface area contributed by atoms with E-state index in [1.54, 1.807) is 6.33 Å². The second kappa shape index (κ2) is 9.20. The Bertz CT molecular complexity index is 1220. The lowest BCUT2D eigenvalue weighted by Gasteiger charge is -2.36. The Labute approximate surface area is 200 Å². The molecule has 0 saturated carbocycles. The van der Waals surface area contributed by atoms with Crippen LogP contribution in [-0.2, 0) is 17.8 Å². The molecule has 5 heterocycles. The Balaban J connectivity index is 1.19. The van der Waals surface area contributed by atoms with Crippen molar-refractivity contribution in [3.8, 4) is 0 Å². The van der Waals surface area contributed by atoms with E-state index in [1.807, 2.05) is 11.0 Å². The van der Waals surface area contributed by atoms with Gasteiger partial charge in [0.05, 0.1) is 5.92 Å². The van der Waals surface area contributed by atoms with Gasteiger partial charge in [0.25, 0.3) is 0 Å². The fourth-order valence-corrected chi connectivity index (χ4v) is 5.77. The molecule has 0 aliphatic carbocycles. The highest BCUT2D eigenvalue weighted by atomic mass is 16.2. The number of piperidine rings is 1. The average Bonchev–Trinajstić information content (AvgIpc) is 3.09. The van der Waals surface area contributed by atoms with E-state index in [2.05, 4.69) is 49.8 Å². The highest BCUT2D eigenvalue weighted by Crippen LogP contribution is 2.31. The van der Waals surface area contributed by atoms with Crippen LogP contribution in [0.4, 0.5) is 5.82 Å². The zero-order valence-corrected chi connectivity index (χ0v) is 19.7. The van der Waals surface area contributed by atoms with E-state index < -0.39 is 0 Å². The number of fused-ring (bicyclic) bond motifs is 3. The number of amides is 1. The maximum atomic E-state index is 13.5. The molecule has 3 aliphatic heterocycles. The molecule has 1 atom stereocenters. The molecule has 1 fully saturated rings. The molecule has 0 unspecified atom stereocenters. The Morgan fingerprint density at radius 2 is 1.85 bits per heavy atom. The predicted molar refractivity (Wildman–Crippen MR) is 133 cm³/mol. The quantitative estimate of drug-likeness (QED) is 0.594. The first kappa shape index (κ1) is 21.3. The van der Waals surface area contributed by atoms with Gasteiger partial charge in [0.2, 0.25) is 5.91 Å². The first-order valence-corrected chi connectivity index (χ1v) is 12.8. The minimum absolute atomic E-state index is 0.00544. The van der Waals surface area contributed by atoms with Crippen molar-refractivity contribution in [2.24, 2.45) is 5.92 Å². The second-order valence-electron chi connectivity index (χ2n) is 9.77. The van der Waals surface area contributed by atoms with Crippen LogP contribution in [0.2, 0.25) is 0 Å². The van der Waals surface area contributed by atoms with Gasteiger partial charge in [-0.3, -0.25) is 4.79 Å². The van der Waals surface area contributed by atoms with Crippen molar-refractivity contribution in [3.05, 3.63) is 54.1 Å². The molecule has 1 saturated heterocycles. The van der Waals surface area contributed by atoms with Crippen LogP contribution in [0.1, 0.15) is 49.9 Å². The number of aryl methyl sites for hydroxylation is 2. The standard InChI is InChI=1S/C27H32N6O/c34-27(31-16-12-21(13-17-31)20-8-3-1-4-9-20)22-10-7-14-32(18-22)25-24-26(29-19-28-25)33-15-6-2-5-11-23(33)30-24/h1,3-4,8-9,12,19,22H,2,5-7,10-11,13-18H2/t22-/m0/s1. The van der Waals surface area contributed by atoms with Crippen molar-refractivity contribution < 1.29 is 4.79 Å². The minimum Gasteiger partial charge on any atom is -0.354 e. The number of nitrogens with zero attached hydrogens (tertiary/aromatic N) is 6. The lowest BCUT2D eigenvalue weighted by molar-refractivity contribution is -0.135. The van der Waals surface area contributed by atoms with Crippen molar-refractivity contribution in [2.45, 2.75) is 51.5 Å². The summed E-state index contributed by atoms with van der Waals surface area (Å²) in [6, 6.07) is 10.5. The summed E-state index contributed by atoms with van der Waals surface area (Å²) in [5.41, 5.74) is 4.47. The molecule has 7 nitrogen and oxygen atoms in total. The molecular formula is C27H32N6O. The summed E-state index contributed by atoms with van der Waals surface area (Å²) < 4.78 is 2.28. The Morgan fingerprint density at radius 3 is 2.71 bits per heavy atom. The number of aromatic nitrogens is 4. The van der Waals surface area contributed by atoms with Gasteiger partial charge in [0, 0.05) is 39.1 Å². The van der Waals surface area contributed by atoms with Crippen LogP contribution in [0, 0.1) is 5.92 Å². The van der Waals surface area contributed by atoms with Crippen molar-refractivity contribution >= 4 is 28.5 Å². The summed E-state index contributed by atoms with van der Waals surface area (Å²) in [5, 5.41) is 0. The zero-order chi connectivity index (χ0) is 22.9. The number of anilines is 1. The van der Waals surface area contributed by atoms with Crippen molar-refractivity contribution in [3.63, 3.8) is 0 Å². The Kier molecular flexibility index (Phi) is 5.77. The van der Waals surface area contributed by atoms with Gasteiger partial charge in [-0.1, -0.05) is 42.8 Å². The summed E-state index contributed by atoms with van der Waals surface area (Å²) in [6.45, 7) is 4.10. The van der Waals surface area contributed by atoms with E-state index in [0.29, 0.717) is 13.1 Å². The summed E-state index contributed by atoms with van der Waals surface area (Å²) in [7, 11) is 0. The lowest BCUT2D eigenvalue weighted by Crippen LogP contribution is -2.46. The molecule has 0 bridgehead atoms. The van der Waals surface area contributed by atoms with Crippen LogP contribution in [-0.4, -0.2) is 56.5 Å². The van der Waals surface area contributed by atoms with Gasteiger partial charge in [-0.05, 0) is 43.2 Å². The number of carbonyl (C=O) groups is 1. The highest BCUT2D eigenvalue weighted by Gasteiger charge is 2.32. The average molecular weight is 457 g/mol. The summed E-state index contributed by atoms with van der Waals surface area (Å²) in [6.07, 6.45) is 11.4. The fraction of sp³-hybridized carbons (Fsp3) is 0.481. The molecule has 7 heteroatoms. The summed E-state index contributed by atoms with van der Waals surface area (Å²) in [4.78, 5) is 32.0. The second-order valence-corrected chi connectivity index (χ2v) is 9.77. The molecule has 3 aromatic rings. The van der Waals surface area contributed by atoms with Gasteiger partial charge in [-0.2, -0.15) is 0 Å². The number of imidazole rings is 1. The first-order valence-electron chi connectivity index (χ1n) is 12.8. The zero-order valence-electron chi connectivity index (χ0n) is 19.7. The van der Waals surface area contributed by atoms with Crippen LogP contribution >= 0.6 is 0 Å². The highest BCUT2D eigenvalue weighted by molar-refractivity contribution is 5.85. The summed E-state index contributed by atoms with van der Waals surface area (Å²) in [5.74, 6) is 2.31. The van der Waals surface area contributed by atoms with Gasteiger partial charge in [-0.15, -0.1) is 0 Å². The fourth-order valence-electron chi connectivity index (χ4n) is 5.77. The van der Waals surface area contributed by atoms with Crippen LogP contribution in [0.3, 0.4) is 0 Å². The molecule has 34 heavy (non-hydrogen) atoms. The number of carbonyl (C=O) groups excluding carboxylic acids is 1. The molecule has 1 aromatic carbocycles. The van der Waals surface area contributed by atoms with E-state index in [1.165, 1.54) is 30.4 Å². The van der Waals surface area contributed by atoms with E-state index in [4.69, 9.17) is 4.98 Å². The van der Waals surface area contributed by atoms with Crippen molar-refractivity contribution in [1.82, 2.24) is 24.4 Å². The SMILES string of the molecule is O=C([C@H]1CCCN(c2ncnc3c2nc2n3CCCCC2)C1)N1CC=C(c2ccccc2)CC1. The van der Waals surface area contributed by atoms with E-state index in [0.717, 1.165) is 68.1 Å². The first-order chi connectivity index (χ1) is 16.8. The number of benzene rings is 1. The third-order valence-electron chi connectivity index (χ3n) is 7.61. The number of hydrogen-bond acceptors (Lipinski definition) is 5. The molecule has 0 spiro atoms. The molecule has 3 aliphatic rings. The van der Waals surface area contributed by atoms with Gasteiger partial charge in [0.15, 0.2) is 17.0 Å². The summed E-state index contributed by atoms with van der Waals surface area (Å²) >= 11 is 0. The molecule has 1 amide bonds. The number of hydrogen-bond donors (Lipinski definition) is 0. The minimum atomic E-state index is 0.00544. The molecule has 2 aromatic heterocycles. The molecule has 6 rings (SSSR count). The third kappa shape index (κ3) is 3.97.